The molecule has 0 bridgehead atoms. The number of amides is 2. The van der Waals surface area contributed by atoms with Crippen molar-refractivity contribution in [3.8, 4) is 0 Å². The number of urea groups is 1. The smallest absolute Gasteiger partial charge is 0.319 e. The van der Waals surface area contributed by atoms with Gasteiger partial charge in [0.05, 0.1) is 0 Å². The average molecular weight is 222 g/mol. The minimum Gasteiger partial charge on any atom is -0.335 e. The number of halogens is 1. The van der Waals surface area contributed by atoms with Gasteiger partial charge in [-0.1, -0.05) is 0 Å². The Morgan fingerprint density at radius 3 is 2.75 bits per heavy atom. The lowest BCUT2D eigenvalue weighted by molar-refractivity contribution is 0.240. The first-order chi connectivity index (χ1) is 7.65. The van der Waals surface area contributed by atoms with Gasteiger partial charge in [-0.25, -0.2) is 9.18 Å². The summed E-state index contributed by atoms with van der Waals surface area (Å²) in [5.74, 6) is -0.259. The molecule has 86 valence electrons. The molecule has 0 atom stereocenters. The maximum atomic E-state index is 13.0. The van der Waals surface area contributed by atoms with E-state index < -0.39 is 0 Å². The van der Waals surface area contributed by atoms with Gasteiger partial charge in [-0.3, -0.25) is 0 Å². The van der Waals surface area contributed by atoms with Crippen LogP contribution < -0.4 is 10.6 Å². The molecule has 2 rings (SSSR count). The van der Waals surface area contributed by atoms with Gasteiger partial charge >= 0.3 is 6.03 Å². The van der Waals surface area contributed by atoms with Crippen molar-refractivity contribution in [2.45, 2.75) is 32.2 Å². The fourth-order valence-corrected chi connectivity index (χ4v) is 1.63. The molecular weight excluding hydrogens is 207 g/mol. The van der Waals surface area contributed by atoms with E-state index in [0.717, 1.165) is 12.8 Å². The summed E-state index contributed by atoms with van der Waals surface area (Å²) in [5, 5.41) is 5.55. The molecule has 0 aromatic heterocycles. The van der Waals surface area contributed by atoms with Gasteiger partial charge in [0, 0.05) is 11.7 Å². The second-order valence-electron chi connectivity index (χ2n) is 4.19. The zero-order valence-electron chi connectivity index (χ0n) is 9.22. The van der Waals surface area contributed by atoms with Crippen molar-refractivity contribution >= 4 is 11.7 Å². The first-order valence-corrected chi connectivity index (χ1v) is 5.49. The van der Waals surface area contributed by atoms with Gasteiger partial charge in [0.2, 0.25) is 0 Å². The summed E-state index contributed by atoms with van der Waals surface area (Å²) < 4.78 is 13.0. The molecule has 4 heteroatoms. The van der Waals surface area contributed by atoms with Crippen LogP contribution in [0.1, 0.15) is 24.8 Å². The highest BCUT2D eigenvalue weighted by atomic mass is 19.1. The number of carbonyl (C=O) groups excluding carboxylic acids is 1. The van der Waals surface area contributed by atoms with Gasteiger partial charge in [0.25, 0.3) is 0 Å². The van der Waals surface area contributed by atoms with Crippen LogP contribution in [0.4, 0.5) is 14.9 Å². The van der Waals surface area contributed by atoms with E-state index in [9.17, 15) is 9.18 Å². The molecule has 0 heterocycles. The molecule has 0 saturated heterocycles. The van der Waals surface area contributed by atoms with Crippen LogP contribution in [0.25, 0.3) is 0 Å². The maximum Gasteiger partial charge on any atom is 0.319 e. The topological polar surface area (TPSA) is 41.1 Å². The highest BCUT2D eigenvalue weighted by Gasteiger charge is 2.19. The summed E-state index contributed by atoms with van der Waals surface area (Å²) in [6.07, 6.45) is 3.28. The van der Waals surface area contributed by atoms with Gasteiger partial charge in [-0.05, 0) is 49.9 Å². The summed E-state index contributed by atoms with van der Waals surface area (Å²) in [5.41, 5.74) is 1.15. The predicted molar refractivity (Wildman–Crippen MR) is 60.9 cm³/mol. The summed E-state index contributed by atoms with van der Waals surface area (Å²) >= 11 is 0. The molecule has 3 nitrogen and oxygen atoms in total. The summed E-state index contributed by atoms with van der Waals surface area (Å²) in [6.45, 7) is 1.67. The molecule has 2 N–H and O–H groups in total. The Hall–Kier alpha value is -1.58. The van der Waals surface area contributed by atoms with E-state index >= 15 is 0 Å². The van der Waals surface area contributed by atoms with Crippen LogP contribution in [-0.2, 0) is 0 Å². The molecule has 1 fully saturated rings. The highest BCUT2D eigenvalue weighted by molar-refractivity contribution is 5.89. The minimum absolute atomic E-state index is 0.212. The molecule has 1 aromatic rings. The van der Waals surface area contributed by atoms with Crippen molar-refractivity contribution < 1.29 is 9.18 Å². The molecule has 16 heavy (non-hydrogen) atoms. The molecule has 1 aromatic carbocycles. The zero-order valence-corrected chi connectivity index (χ0v) is 9.22. The number of rotatable bonds is 2. The lowest BCUT2D eigenvalue weighted by Crippen LogP contribution is -2.41. The normalized spacial score (nSPS) is 15.4. The summed E-state index contributed by atoms with van der Waals surface area (Å²) in [6, 6.07) is 4.63. The second kappa shape index (κ2) is 4.51. The number of aryl methyl sites for hydroxylation is 1. The molecular formula is C12H15FN2O. The largest absolute Gasteiger partial charge is 0.335 e. The van der Waals surface area contributed by atoms with Crippen molar-refractivity contribution in [1.82, 2.24) is 5.32 Å². The van der Waals surface area contributed by atoms with E-state index in [1.165, 1.54) is 12.5 Å². The van der Waals surface area contributed by atoms with Crippen LogP contribution in [0.15, 0.2) is 18.2 Å². The van der Waals surface area contributed by atoms with Crippen molar-refractivity contribution in [3.05, 3.63) is 29.6 Å². The summed E-state index contributed by atoms with van der Waals surface area (Å²) in [7, 11) is 0. The Morgan fingerprint density at radius 1 is 1.44 bits per heavy atom. The van der Waals surface area contributed by atoms with Crippen molar-refractivity contribution in [2.24, 2.45) is 0 Å². The van der Waals surface area contributed by atoms with Crippen LogP contribution >= 0.6 is 0 Å². The molecule has 0 aliphatic heterocycles. The zero-order chi connectivity index (χ0) is 11.5. The van der Waals surface area contributed by atoms with Crippen LogP contribution in [-0.4, -0.2) is 12.1 Å². The van der Waals surface area contributed by atoms with Crippen LogP contribution in [0.5, 0.6) is 0 Å². The van der Waals surface area contributed by atoms with Crippen LogP contribution in [0.2, 0.25) is 0 Å². The number of nitrogens with one attached hydrogen (secondary N) is 2. The lowest BCUT2D eigenvalue weighted by atomic mass is 9.93. The number of benzene rings is 1. The minimum atomic E-state index is -0.259. The lowest BCUT2D eigenvalue weighted by Gasteiger charge is -2.26. The Kier molecular flexibility index (Phi) is 3.08. The quantitative estimate of drug-likeness (QED) is 0.793. The molecule has 0 spiro atoms. The molecule has 1 aliphatic carbocycles. The molecule has 1 aliphatic rings. The van der Waals surface area contributed by atoms with E-state index in [1.54, 1.807) is 19.1 Å². The Balaban J connectivity index is 1.92. The third-order valence-corrected chi connectivity index (χ3v) is 2.86. The fourth-order valence-electron chi connectivity index (χ4n) is 1.63. The number of anilines is 1. The van der Waals surface area contributed by atoms with Gasteiger partial charge in [-0.15, -0.1) is 0 Å². The first-order valence-electron chi connectivity index (χ1n) is 5.49. The predicted octanol–water partition coefficient (Wildman–Crippen LogP) is 2.81. The standard InChI is InChI=1S/C12H15FN2O/c1-8-7-10(5-6-11(8)13)15-12(16)14-9-3-2-4-9/h5-7,9H,2-4H2,1H3,(H2,14,15,16). The number of carbonyl (C=O) groups is 1. The van der Waals surface area contributed by atoms with E-state index in [2.05, 4.69) is 10.6 Å². The van der Waals surface area contributed by atoms with E-state index in [-0.39, 0.29) is 11.8 Å². The molecule has 0 unspecified atom stereocenters. The molecule has 2 amide bonds. The molecule has 1 saturated carbocycles. The maximum absolute atomic E-state index is 13.0. The summed E-state index contributed by atoms with van der Waals surface area (Å²) in [4.78, 5) is 11.5. The first kappa shape index (κ1) is 10.9. The van der Waals surface area contributed by atoms with Gasteiger partial charge < -0.3 is 10.6 Å². The average Bonchev–Trinajstić information content (AvgIpc) is 2.18. The SMILES string of the molecule is Cc1cc(NC(=O)NC2CCC2)ccc1F. The van der Waals surface area contributed by atoms with Gasteiger partial charge in [0.15, 0.2) is 0 Å². The van der Waals surface area contributed by atoms with E-state index in [0.29, 0.717) is 17.3 Å². The van der Waals surface area contributed by atoms with Gasteiger partial charge in [-0.2, -0.15) is 0 Å². The highest BCUT2D eigenvalue weighted by Crippen LogP contribution is 2.18. The Morgan fingerprint density at radius 2 is 2.19 bits per heavy atom. The van der Waals surface area contributed by atoms with Crippen LogP contribution in [0, 0.1) is 12.7 Å². The van der Waals surface area contributed by atoms with E-state index in [4.69, 9.17) is 0 Å². The van der Waals surface area contributed by atoms with Gasteiger partial charge in [0.1, 0.15) is 5.82 Å². The third kappa shape index (κ3) is 2.51. The Labute approximate surface area is 94.0 Å². The van der Waals surface area contributed by atoms with Crippen molar-refractivity contribution in [3.63, 3.8) is 0 Å². The Bertz CT molecular complexity index is 402. The monoisotopic (exact) mass is 222 g/mol. The third-order valence-electron chi connectivity index (χ3n) is 2.86. The van der Waals surface area contributed by atoms with Crippen LogP contribution in [0.3, 0.4) is 0 Å². The molecule has 0 radical (unpaired) electrons. The van der Waals surface area contributed by atoms with Crippen molar-refractivity contribution in [1.29, 1.82) is 0 Å². The van der Waals surface area contributed by atoms with E-state index in [1.807, 2.05) is 0 Å². The number of hydrogen-bond acceptors (Lipinski definition) is 1. The van der Waals surface area contributed by atoms with Crippen molar-refractivity contribution in [2.75, 3.05) is 5.32 Å². The second-order valence-corrected chi connectivity index (χ2v) is 4.19. The fraction of sp³-hybridized carbons (Fsp3) is 0.417. The number of hydrogen-bond donors (Lipinski definition) is 2.